The Morgan fingerprint density at radius 2 is 2.21 bits per heavy atom. The highest BCUT2D eigenvalue weighted by Crippen LogP contribution is 2.03. The molecule has 0 spiro atoms. The van der Waals surface area contributed by atoms with Gasteiger partial charge in [0.05, 0.1) is 5.69 Å². The highest BCUT2D eigenvalue weighted by Gasteiger charge is 2.09. The molecule has 0 amide bonds. The largest absolute Gasteiger partial charge is 0.329 e. The Bertz CT molecular complexity index is 248. The van der Waals surface area contributed by atoms with Crippen LogP contribution in [-0.2, 0) is 6.54 Å². The Morgan fingerprint density at radius 3 is 2.71 bits per heavy atom. The van der Waals surface area contributed by atoms with Crippen LogP contribution in [0.5, 0.6) is 0 Å². The lowest BCUT2D eigenvalue weighted by molar-refractivity contribution is 0.216. The summed E-state index contributed by atoms with van der Waals surface area (Å²) in [6.07, 6.45) is 5.20. The van der Waals surface area contributed by atoms with Crippen molar-refractivity contribution in [2.24, 2.45) is 5.73 Å². The molecule has 78 valence electrons. The van der Waals surface area contributed by atoms with Gasteiger partial charge >= 0.3 is 0 Å². The van der Waals surface area contributed by atoms with Gasteiger partial charge in [-0.3, -0.25) is 14.9 Å². The van der Waals surface area contributed by atoms with E-state index in [2.05, 4.69) is 28.7 Å². The number of nitrogens with zero attached hydrogens (tertiary/aromatic N) is 3. The van der Waals surface area contributed by atoms with Crippen LogP contribution in [0.4, 0.5) is 0 Å². The highest BCUT2D eigenvalue weighted by atomic mass is 15.2. The van der Waals surface area contributed by atoms with Crippen LogP contribution in [0, 0.1) is 0 Å². The van der Waals surface area contributed by atoms with Crippen molar-refractivity contribution in [3.63, 3.8) is 0 Å². The maximum absolute atomic E-state index is 5.54. The van der Waals surface area contributed by atoms with Gasteiger partial charge in [0.2, 0.25) is 0 Å². The van der Waals surface area contributed by atoms with Gasteiger partial charge in [-0.15, -0.1) is 0 Å². The Kier molecular flexibility index (Phi) is 4.49. The average Bonchev–Trinajstić information content (AvgIpc) is 2.18. The van der Waals surface area contributed by atoms with Crippen molar-refractivity contribution in [3.05, 3.63) is 24.3 Å². The lowest BCUT2D eigenvalue weighted by atomic mass is 10.3. The van der Waals surface area contributed by atoms with Crippen molar-refractivity contribution >= 4 is 0 Å². The van der Waals surface area contributed by atoms with Crippen molar-refractivity contribution in [2.45, 2.75) is 26.4 Å². The second-order valence-electron chi connectivity index (χ2n) is 3.55. The van der Waals surface area contributed by atoms with E-state index in [9.17, 15) is 0 Å². The van der Waals surface area contributed by atoms with E-state index in [-0.39, 0.29) is 0 Å². The van der Waals surface area contributed by atoms with Gasteiger partial charge in [0.25, 0.3) is 0 Å². The molecule has 0 aliphatic rings. The van der Waals surface area contributed by atoms with E-state index in [0.717, 1.165) is 18.8 Å². The van der Waals surface area contributed by atoms with E-state index in [4.69, 9.17) is 5.73 Å². The zero-order valence-corrected chi connectivity index (χ0v) is 8.85. The van der Waals surface area contributed by atoms with Crippen molar-refractivity contribution in [1.82, 2.24) is 14.9 Å². The SMILES string of the molecule is CC(C)N(CCN)Cc1cnccn1. The van der Waals surface area contributed by atoms with E-state index >= 15 is 0 Å². The third-order valence-corrected chi connectivity index (χ3v) is 2.13. The summed E-state index contributed by atoms with van der Waals surface area (Å²) in [5.74, 6) is 0. The maximum atomic E-state index is 5.54. The number of rotatable bonds is 5. The standard InChI is InChI=1S/C10H18N4/c1-9(2)14(6-3-11)8-10-7-12-4-5-13-10/h4-5,7,9H,3,6,8,11H2,1-2H3. The fourth-order valence-corrected chi connectivity index (χ4v) is 1.31. The van der Waals surface area contributed by atoms with Crippen LogP contribution in [0.3, 0.4) is 0 Å². The number of aromatic nitrogens is 2. The molecule has 1 aromatic heterocycles. The molecule has 1 rings (SSSR count). The summed E-state index contributed by atoms with van der Waals surface area (Å²) in [6.45, 7) is 6.72. The van der Waals surface area contributed by atoms with Gasteiger partial charge in [-0.25, -0.2) is 0 Å². The molecule has 0 aliphatic carbocycles. The molecule has 0 aliphatic heterocycles. The molecule has 0 bridgehead atoms. The van der Waals surface area contributed by atoms with Crippen molar-refractivity contribution in [3.8, 4) is 0 Å². The van der Waals surface area contributed by atoms with Crippen LogP contribution >= 0.6 is 0 Å². The monoisotopic (exact) mass is 194 g/mol. The molecule has 4 nitrogen and oxygen atoms in total. The van der Waals surface area contributed by atoms with E-state index in [1.807, 2.05) is 0 Å². The molecule has 0 saturated heterocycles. The number of hydrogen-bond donors (Lipinski definition) is 1. The van der Waals surface area contributed by atoms with Gasteiger partial charge < -0.3 is 5.73 Å². The fourth-order valence-electron chi connectivity index (χ4n) is 1.31. The van der Waals surface area contributed by atoms with E-state index in [0.29, 0.717) is 12.6 Å². The Labute approximate surface area is 85.2 Å². The van der Waals surface area contributed by atoms with Gasteiger partial charge in [0.1, 0.15) is 0 Å². The molecule has 0 atom stereocenters. The summed E-state index contributed by atoms with van der Waals surface area (Å²) in [6, 6.07) is 0.487. The van der Waals surface area contributed by atoms with Crippen molar-refractivity contribution < 1.29 is 0 Å². The van der Waals surface area contributed by atoms with E-state index in [1.165, 1.54) is 0 Å². The molecular weight excluding hydrogens is 176 g/mol. The summed E-state index contributed by atoms with van der Waals surface area (Å²) in [5.41, 5.74) is 6.54. The quantitative estimate of drug-likeness (QED) is 0.747. The molecule has 1 heterocycles. The van der Waals surface area contributed by atoms with E-state index < -0.39 is 0 Å². The summed E-state index contributed by atoms with van der Waals surface area (Å²) in [4.78, 5) is 10.6. The first kappa shape index (κ1) is 11.1. The van der Waals surface area contributed by atoms with Crippen molar-refractivity contribution in [2.75, 3.05) is 13.1 Å². The van der Waals surface area contributed by atoms with Crippen LogP contribution in [0.25, 0.3) is 0 Å². The highest BCUT2D eigenvalue weighted by molar-refractivity contribution is 4.94. The number of nitrogens with two attached hydrogens (primary N) is 1. The molecular formula is C10H18N4. The topological polar surface area (TPSA) is 55.0 Å². The molecule has 14 heavy (non-hydrogen) atoms. The van der Waals surface area contributed by atoms with Gasteiger partial charge in [-0.2, -0.15) is 0 Å². The minimum Gasteiger partial charge on any atom is -0.329 e. The molecule has 1 aromatic rings. The molecule has 4 heteroatoms. The summed E-state index contributed by atoms with van der Waals surface area (Å²) >= 11 is 0. The lowest BCUT2D eigenvalue weighted by Crippen LogP contribution is -2.35. The average molecular weight is 194 g/mol. The van der Waals surface area contributed by atoms with Gasteiger partial charge in [-0.1, -0.05) is 0 Å². The first-order chi connectivity index (χ1) is 6.74. The molecule has 2 N–H and O–H groups in total. The van der Waals surface area contributed by atoms with E-state index in [1.54, 1.807) is 18.6 Å². The second kappa shape index (κ2) is 5.67. The summed E-state index contributed by atoms with van der Waals surface area (Å²) < 4.78 is 0. The molecule has 0 unspecified atom stereocenters. The van der Waals surface area contributed by atoms with Crippen LogP contribution < -0.4 is 5.73 Å². The molecule has 0 saturated carbocycles. The first-order valence-corrected chi connectivity index (χ1v) is 4.93. The molecule has 0 aromatic carbocycles. The minimum absolute atomic E-state index is 0.487. The smallest absolute Gasteiger partial charge is 0.0726 e. The van der Waals surface area contributed by atoms with Crippen LogP contribution in [-0.4, -0.2) is 34.0 Å². The zero-order chi connectivity index (χ0) is 10.4. The second-order valence-corrected chi connectivity index (χ2v) is 3.55. The van der Waals surface area contributed by atoms with Gasteiger partial charge in [0, 0.05) is 44.3 Å². The summed E-state index contributed by atoms with van der Waals surface area (Å²) in [7, 11) is 0. The fraction of sp³-hybridized carbons (Fsp3) is 0.600. The van der Waals surface area contributed by atoms with Gasteiger partial charge in [-0.05, 0) is 13.8 Å². The third kappa shape index (κ3) is 3.40. The normalized spacial score (nSPS) is 11.2. The minimum atomic E-state index is 0.487. The zero-order valence-electron chi connectivity index (χ0n) is 8.85. The Morgan fingerprint density at radius 1 is 1.43 bits per heavy atom. The van der Waals surface area contributed by atoms with Gasteiger partial charge in [0.15, 0.2) is 0 Å². The van der Waals surface area contributed by atoms with Crippen LogP contribution in [0.15, 0.2) is 18.6 Å². The van der Waals surface area contributed by atoms with Crippen molar-refractivity contribution in [1.29, 1.82) is 0 Å². The van der Waals surface area contributed by atoms with Crippen LogP contribution in [0.2, 0.25) is 0 Å². The van der Waals surface area contributed by atoms with Crippen LogP contribution in [0.1, 0.15) is 19.5 Å². The maximum Gasteiger partial charge on any atom is 0.0726 e. The first-order valence-electron chi connectivity index (χ1n) is 4.93. The lowest BCUT2D eigenvalue weighted by Gasteiger charge is -2.25. The molecule has 0 radical (unpaired) electrons. The Balaban J connectivity index is 2.55. The molecule has 0 fully saturated rings. The summed E-state index contributed by atoms with van der Waals surface area (Å²) in [5, 5.41) is 0. The number of hydrogen-bond acceptors (Lipinski definition) is 4. The predicted molar refractivity (Wildman–Crippen MR) is 56.6 cm³/mol. The third-order valence-electron chi connectivity index (χ3n) is 2.13. The predicted octanol–water partition coefficient (Wildman–Crippen LogP) is 0.646. The Hall–Kier alpha value is -1.00.